The Morgan fingerprint density at radius 1 is 1.03 bits per heavy atom. The Morgan fingerprint density at radius 3 is 2.41 bits per heavy atom. The van der Waals surface area contributed by atoms with Gasteiger partial charge in [-0.3, -0.25) is 14.6 Å². The first kappa shape index (κ1) is 24.7. The van der Waals surface area contributed by atoms with E-state index in [2.05, 4.69) is 0 Å². The van der Waals surface area contributed by atoms with Crippen molar-refractivity contribution in [2.24, 2.45) is 0 Å². The van der Waals surface area contributed by atoms with Crippen LogP contribution in [-0.4, -0.2) is 29.5 Å². The van der Waals surface area contributed by atoms with Crippen LogP contribution in [0.2, 0.25) is 5.02 Å². The maximum Gasteiger partial charge on any atom is 0.267 e. The van der Waals surface area contributed by atoms with Gasteiger partial charge in [-0.1, -0.05) is 29.8 Å². The van der Waals surface area contributed by atoms with Crippen LogP contribution in [0, 0.1) is 12.3 Å². The van der Waals surface area contributed by atoms with Crippen molar-refractivity contribution < 1.29 is 13.2 Å². The molecule has 0 unspecified atom stereocenters. The van der Waals surface area contributed by atoms with E-state index in [1.54, 1.807) is 19.4 Å². The molecule has 2 aromatic carbocycles. The first-order chi connectivity index (χ1) is 17.7. The molecular weight excluding hydrogens is 512 g/mol. The van der Waals surface area contributed by atoms with E-state index in [9.17, 15) is 13.2 Å². The minimum Gasteiger partial charge on any atom is -0.497 e. The van der Waals surface area contributed by atoms with Gasteiger partial charge in [0.25, 0.3) is 5.56 Å². The van der Waals surface area contributed by atoms with Crippen molar-refractivity contribution in [2.45, 2.75) is 29.7 Å². The zero-order chi connectivity index (χ0) is 26.3. The van der Waals surface area contributed by atoms with Gasteiger partial charge in [-0.15, -0.1) is 0 Å². The van der Waals surface area contributed by atoms with Crippen molar-refractivity contribution in [1.82, 2.24) is 14.0 Å². The van der Waals surface area contributed by atoms with Crippen LogP contribution in [0.4, 0.5) is 0 Å². The Hall–Kier alpha value is -3.95. The molecule has 0 atom stereocenters. The number of hydrogen-bond acceptors (Lipinski definition) is 6. The lowest BCUT2D eigenvalue weighted by atomic mass is 10.1. The van der Waals surface area contributed by atoms with Crippen molar-refractivity contribution in [3.05, 3.63) is 105 Å². The van der Waals surface area contributed by atoms with Gasteiger partial charge in [-0.05, 0) is 73.0 Å². The predicted octanol–water partition coefficient (Wildman–Crippen LogP) is 4.17. The smallest absolute Gasteiger partial charge is 0.267 e. The molecule has 1 N–H and O–H groups in total. The fourth-order valence-electron chi connectivity index (χ4n) is 4.27. The Bertz CT molecular complexity index is 1880. The van der Waals surface area contributed by atoms with Crippen LogP contribution in [-0.2, 0) is 22.8 Å². The summed E-state index contributed by atoms with van der Waals surface area (Å²) in [7, 11) is -2.54. The molecule has 8 nitrogen and oxygen atoms in total. The molecule has 0 spiro atoms. The summed E-state index contributed by atoms with van der Waals surface area (Å²) in [6.07, 6.45) is 2.08. The first-order valence-corrected chi connectivity index (χ1v) is 13.3. The Labute approximate surface area is 217 Å². The second-order valence-electron chi connectivity index (χ2n) is 8.60. The molecule has 3 heterocycles. The number of sulfone groups is 1. The largest absolute Gasteiger partial charge is 0.497 e. The number of rotatable bonds is 6. The molecule has 0 saturated heterocycles. The van der Waals surface area contributed by atoms with Gasteiger partial charge in [0.1, 0.15) is 27.4 Å². The van der Waals surface area contributed by atoms with Crippen LogP contribution in [0.5, 0.6) is 5.75 Å². The van der Waals surface area contributed by atoms with Crippen molar-refractivity contribution in [2.75, 3.05) is 7.11 Å². The van der Waals surface area contributed by atoms with E-state index in [1.807, 2.05) is 37.3 Å². The summed E-state index contributed by atoms with van der Waals surface area (Å²) in [6, 6.07) is 18.0. The second-order valence-corrected chi connectivity index (χ2v) is 11.0. The monoisotopic (exact) mass is 534 g/mol. The van der Waals surface area contributed by atoms with E-state index in [0.29, 0.717) is 17.1 Å². The number of aromatic nitrogens is 3. The van der Waals surface area contributed by atoms with Gasteiger partial charge in [-0.25, -0.2) is 13.4 Å². The highest BCUT2D eigenvalue weighted by Gasteiger charge is 2.24. The SMILES string of the molecule is COc1ccc(CCn2c(=N)c(S(=O)(=O)c3ccc(Cl)cc3)cc3c(=O)n4cccc(C)c4nc32)cc1. The summed E-state index contributed by atoms with van der Waals surface area (Å²) < 4.78 is 35.3. The summed E-state index contributed by atoms with van der Waals surface area (Å²) in [4.78, 5) is 18.0. The molecule has 3 aromatic heterocycles. The highest BCUT2D eigenvalue weighted by molar-refractivity contribution is 7.91. The zero-order valence-corrected chi connectivity index (χ0v) is 21.7. The van der Waals surface area contributed by atoms with Crippen LogP contribution in [0.3, 0.4) is 0 Å². The molecule has 5 rings (SSSR count). The molecular formula is C27H23ClN4O4S. The van der Waals surface area contributed by atoms with Crippen LogP contribution < -0.4 is 15.8 Å². The van der Waals surface area contributed by atoms with E-state index in [4.69, 9.17) is 26.7 Å². The number of methoxy groups -OCH3 is 1. The van der Waals surface area contributed by atoms with E-state index >= 15 is 0 Å². The van der Waals surface area contributed by atoms with E-state index in [0.717, 1.165) is 16.9 Å². The van der Waals surface area contributed by atoms with Gasteiger partial charge in [0.15, 0.2) is 0 Å². The predicted molar refractivity (Wildman–Crippen MR) is 141 cm³/mol. The number of halogens is 1. The average Bonchev–Trinajstić information content (AvgIpc) is 2.89. The topological polar surface area (TPSA) is 107 Å². The summed E-state index contributed by atoms with van der Waals surface area (Å²) in [5.41, 5.74) is 1.79. The van der Waals surface area contributed by atoms with Gasteiger partial charge in [0, 0.05) is 17.8 Å². The van der Waals surface area contributed by atoms with Crippen molar-refractivity contribution in [3.8, 4) is 5.75 Å². The molecule has 0 amide bonds. The minimum absolute atomic E-state index is 0.0175. The first-order valence-electron chi connectivity index (χ1n) is 11.4. The number of ether oxygens (including phenoxy) is 1. The fourth-order valence-corrected chi connectivity index (χ4v) is 5.78. The lowest BCUT2D eigenvalue weighted by Crippen LogP contribution is -2.30. The highest BCUT2D eigenvalue weighted by Crippen LogP contribution is 2.23. The quantitative estimate of drug-likeness (QED) is 0.329. The molecule has 0 aliphatic rings. The third-order valence-electron chi connectivity index (χ3n) is 6.30. The number of nitrogens with zero attached hydrogens (tertiary/aromatic N) is 3. The van der Waals surface area contributed by atoms with Crippen molar-refractivity contribution in [3.63, 3.8) is 0 Å². The standard InChI is InChI=1S/C27H23ClN4O4S/c1-17-4-3-14-32-25(17)30-26-22(27(32)33)16-23(37(34,35)21-11-7-19(28)8-12-21)24(29)31(26)15-13-18-5-9-20(36-2)10-6-18/h3-12,14,16,29H,13,15H2,1-2H3. The zero-order valence-electron chi connectivity index (χ0n) is 20.1. The number of benzene rings is 2. The van der Waals surface area contributed by atoms with Gasteiger partial charge in [0.2, 0.25) is 9.84 Å². The van der Waals surface area contributed by atoms with Crippen molar-refractivity contribution >= 4 is 38.1 Å². The lowest BCUT2D eigenvalue weighted by Gasteiger charge is -2.16. The van der Waals surface area contributed by atoms with E-state index in [-0.39, 0.29) is 32.9 Å². The molecule has 0 radical (unpaired) electrons. The maximum atomic E-state index is 13.6. The fraction of sp³-hybridized carbons (Fsp3) is 0.148. The van der Waals surface area contributed by atoms with Crippen LogP contribution in [0.15, 0.2) is 87.5 Å². The minimum atomic E-state index is -4.13. The summed E-state index contributed by atoms with van der Waals surface area (Å²) in [5, 5.41) is 9.43. The number of pyridine rings is 2. The molecule has 37 heavy (non-hydrogen) atoms. The molecule has 0 aliphatic carbocycles. The van der Waals surface area contributed by atoms with E-state index in [1.165, 1.54) is 39.3 Å². The third kappa shape index (κ3) is 4.41. The van der Waals surface area contributed by atoms with Gasteiger partial charge < -0.3 is 9.30 Å². The summed E-state index contributed by atoms with van der Waals surface area (Å²) >= 11 is 5.95. The number of hydrogen-bond donors (Lipinski definition) is 1. The molecule has 0 fully saturated rings. The van der Waals surface area contributed by atoms with Gasteiger partial charge >= 0.3 is 0 Å². The molecule has 10 heteroatoms. The lowest BCUT2D eigenvalue weighted by molar-refractivity contribution is 0.414. The Kier molecular flexibility index (Phi) is 6.35. The van der Waals surface area contributed by atoms with Gasteiger partial charge in [-0.2, -0.15) is 0 Å². The molecule has 0 saturated carbocycles. The normalized spacial score (nSPS) is 11.8. The maximum absolute atomic E-state index is 13.6. The van der Waals surface area contributed by atoms with Gasteiger partial charge in [0.05, 0.1) is 17.4 Å². The summed E-state index contributed by atoms with van der Waals surface area (Å²) in [5.74, 6) is 0.718. The second kappa shape index (κ2) is 9.49. The van der Waals surface area contributed by atoms with Crippen molar-refractivity contribution in [1.29, 1.82) is 5.41 Å². The van der Waals surface area contributed by atoms with Crippen LogP contribution in [0.25, 0.3) is 16.7 Å². The van der Waals surface area contributed by atoms with Crippen LogP contribution >= 0.6 is 11.6 Å². The van der Waals surface area contributed by atoms with E-state index < -0.39 is 15.4 Å². The molecule has 0 aliphatic heterocycles. The highest BCUT2D eigenvalue weighted by atomic mass is 35.5. The number of nitrogens with one attached hydrogen (secondary N) is 1. The molecule has 5 aromatic rings. The number of fused-ring (bicyclic) bond motifs is 2. The average molecular weight is 535 g/mol. The summed E-state index contributed by atoms with van der Waals surface area (Å²) in [6.45, 7) is 2.08. The Balaban J connectivity index is 1.76. The van der Waals surface area contributed by atoms with Crippen LogP contribution in [0.1, 0.15) is 11.1 Å². The Morgan fingerprint density at radius 2 is 1.73 bits per heavy atom. The number of aryl methyl sites for hydroxylation is 3. The molecule has 188 valence electrons. The third-order valence-corrected chi connectivity index (χ3v) is 8.33. The molecule has 0 bridgehead atoms.